The number of hydrogen-bond donors (Lipinski definition) is 1. The first-order valence-electron chi connectivity index (χ1n) is 7.75. The number of thioether (sulfide) groups is 1. The summed E-state index contributed by atoms with van der Waals surface area (Å²) in [7, 11) is 0. The molecule has 0 radical (unpaired) electrons. The Hall–Kier alpha value is -2.53. The lowest BCUT2D eigenvalue weighted by molar-refractivity contribution is -0.118. The van der Waals surface area contributed by atoms with Crippen LogP contribution in [0.2, 0.25) is 0 Å². The average Bonchev–Trinajstić information content (AvgIpc) is 3.14. The van der Waals surface area contributed by atoms with Crippen molar-refractivity contribution in [2.45, 2.75) is 18.4 Å². The number of carbonyl (C=O) groups is 1. The smallest absolute Gasteiger partial charge is 0.230 e. The molecule has 0 aliphatic heterocycles. The predicted molar refractivity (Wildman–Crippen MR) is 97.3 cm³/mol. The van der Waals surface area contributed by atoms with Crippen LogP contribution in [0.5, 0.6) is 0 Å². The molecule has 5 heteroatoms. The van der Waals surface area contributed by atoms with Crippen LogP contribution in [0.25, 0.3) is 5.69 Å². The van der Waals surface area contributed by atoms with Crippen molar-refractivity contribution in [2.24, 2.45) is 0 Å². The van der Waals surface area contributed by atoms with Gasteiger partial charge >= 0.3 is 0 Å². The molecule has 3 aromatic rings. The lowest BCUT2D eigenvalue weighted by atomic mass is 10.1. The molecule has 122 valence electrons. The van der Waals surface area contributed by atoms with Gasteiger partial charge in [-0.3, -0.25) is 4.79 Å². The minimum atomic E-state index is 0.0287. The quantitative estimate of drug-likeness (QED) is 0.699. The molecule has 0 unspecified atom stereocenters. The number of para-hydroxylation sites is 1. The van der Waals surface area contributed by atoms with E-state index in [2.05, 4.69) is 29.4 Å². The van der Waals surface area contributed by atoms with Crippen molar-refractivity contribution in [3.63, 3.8) is 0 Å². The number of imidazole rings is 1. The first-order valence-corrected chi connectivity index (χ1v) is 8.73. The van der Waals surface area contributed by atoms with Gasteiger partial charge in [0.25, 0.3) is 0 Å². The number of rotatable bonds is 6. The Kier molecular flexibility index (Phi) is 5.33. The molecular formula is C19H19N3OS. The van der Waals surface area contributed by atoms with E-state index in [9.17, 15) is 4.79 Å². The highest BCUT2D eigenvalue weighted by Crippen LogP contribution is 2.18. The number of nitrogens with one attached hydrogen (secondary N) is 1. The maximum absolute atomic E-state index is 12.1. The second kappa shape index (κ2) is 7.84. The minimum absolute atomic E-state index is 0.0287. The molecule has 1 N–H and O–H groups in total. The van der Waals surface area contributed by atoms with Crippen molar-refractivity contribution >= 4 is 17.7 Å². The average molecular weight is 337 g/mol. The zero-order valence-corrected chi connectivity index (χ0v) is 14.3. The molecule has 0 bridgehead atoms. The maximum atomic E-state index is 12.1. The van der Waals surface area contributed by atoms with Gasteiger partial charge < -0.3 is 9.88 Å². The molecule has 0 atom stereocenters. The summed E-state index contributed by atoms with van der Waals surface area (Å²) in [5.41, 5.74) is 3.31. The summed E-state index contributed by atoms with van der Waals surface area (Å²) >= 11 is 1.55. The lowest BCUT2D eigenvalue weighted by Crippen LogP contribution is -2.25. The Morgan fingerprint density at radius 2 is 1.96 bits per heavy atom. The van der Waals surface area contributed by atoms with E-state index in [1.807, 2.05) is 47.2 Å². The number of benzene rings is 2. The molecule has 0 saturated heterocycles. The van der Waals surface area contributed by atoms with Gasteiger partial charge in [0.15, 0.2) is 0 Å². The van der Waals surface area contributed by atoms with Gasteiger partial charge in [-0.1, -0.05) is 35.9 Å². The molecule has 0 aliphatic rings. The van der Waals surface area contributed by atoms with Gasteiger partial charge in [-0.25, -0.2) is 4.98 Å². The fourth-order valence-corrected chi connectivity index (χ4v) is 3.07. The monoisotopic (exact) mass is 337 g/mol. The fourth-order valence-electron chi connectivity index (χ4n) is 2.34. The van der Waals surface area contributed by atoms with Crippen LogP contribution >= 0.6 is 11.8 Å². The molecule has 1 amide bonds. The van der Waals surface area contributed by atoms with E-state index in [1.165, 1.54) is 5.56 Å². The van der Waals surface area contributed by atoms with Gasteiger partial charge in [-0.15, -0.1) is 11.8 Å². The summed E-state index contributed by atoms with van der Waals surface area (Å²) < 4.78 is 1.95. The molecule has 2 aromatic carbocycles. The fraction of sp³-hybridized carbons (Fsp3) is 0.158. The lowest BCUT2D eigenvalue weighted by Gasteiger charge is -2.11. The Bertz CT molecular complexity index is 798. The topological polar surface area (TPSA) is 46.9 Å². The van der Waals surface area contributed by atoms with Crippen molar-refractivity contribution in [3.05, 3.63) is 78.4 Å². The summed E-state index contributed by atoms with van der Waals surface area (Å²) in [6.45, 7) is 2.56. The number of nitrogens with zero attached hydrogens (tertiary/aromatic N) is 2. The van der Waals surface area contributed by atoms with E-state index in [1.54, 1.807) is 24.3 Å². The van der Waals surface area contributed by atoms with Gasteiger partial charge in [0.05, 0.1) is 17.8 Å². The van der Waals surface area contributed by atoms with Crippen LogP contribution in [0.3, 0.4) is 0 Å². The molecule has 0 saturated carbocycles. The summed E-state index contributed by atoms with van der Waals surface area (Å²) in [5, 5.41) is 2.99. The number of aromatic nitrogens is 2. The van der Waals surface area contributed by atoms with Crippen LogP contribution in [-0.2, 0) is 11.3 Å². The SMILES string of the molecule is Cc1ccc(SCC(=O)NCc2ccccc2-n2ccnc2)cc1. The Morgan fingerprint density at radius 3 is 2.71 bits per heavy atom. The Labute approximate surface area is 145 Å². The Morgan fingerprint density at radius 1 is 1.17 bits per heavy atom. The van der Waals surface area contributed by atoms with Gasteiger partial charge in [0.2, 0.25) is 5.91 Å². The van der Waals surface area contributed by atoms with Crippen molar-refractivity contribution in [2.75, 3.05) is 5.75 Å². The van der Waals surface area contributed by atoms with E-state index < -0.39 is 0 Å². The van der Waals surface area contributed by atoms with E-state index in [0.29, 0.717) is 12.3 Å². The van der Waals surface area contributed by atoms with Gasteiger partial charge in [-0.05, 0) is 30.7 Å². The minimum Gasteiger partial charge on any atom is -0.351 e. The van der Waals surface area contributed by atoms with Gasteiger partial charge in [0.1, 0.15) is 0 Å². The van der Waals surface area contributed by atoms with Crippen LogP contribution in [0.4, 0.5) is 0 Å². The highest BCUT2D eigenvalue weighted by molar-refractivity contribution is 8.00. The van der Waals surface area contributed by atoms with Crippen molar-refractivity contribution in [1.82, 2.24) is 14.9 Å². The summed E-state index contributed by atoms with van der Waals surface area (Å²) in [6.07, 6.45) is 5.40. The first kappa shape index (κ1) is 16.3. The third-order valence-electron chi connectivity index (χ3n) is 3.64. The third kappa shape index (κ3) is 4.26. The summed E-state index contributed by atoms with van der Waals surface area (Å²) in [4.78, 5) is 17.3. The highest BCUT2D eigenvalue weighted by Gasteiger charge is 2.07. The standard InChI is InChI=1S/C19H19N3OS/c1-15-6-8-17(9-7-15)24-13-19(23)21-12-16-4-2-3-5-18(16)22-11-10-20-14-22/h2-11,14H,12-13H2,1H3,(H,21,23). The van der Waals surface area contributed by atoms with E-state index in [0.717, 1.165) is 16.1 Å². The highest BCUT2D eigenvalue weighted by atomic mass is 32.2. The predicted octanol–water partition coefficient (Wildman–Crippen LogP) is 3.59. The van der Waals surface area contributed by atoms with Gasteiger partial charge in [0, 0.05) is 23.8 Å². The van der Waals surface area contributed by atoms with Crippen molar-refractivity contribution < 1.29 is 4.79 Å². The molecule has 0 fully saturated rings. The third-order valence-corrected chi connectivity index (χ3v) is 4.65. The molecule has 1 heterocycles. The Balaban J connectivity index is 1.56. The second-order valence-electron chi connectivity index (χ2n) is 5.48. The zero-order chi connectivity index (χ0) is 16.8. The molecule has 4 nitrogen and oxygen atoms in total. The van der Waals surface area contributed by atoms with Crippen LogP contribution in [0, 0.1) is 6.92 Å². The van der Waals surface area contributed by atoms with E-state index in [-0.39, 0.29) is 5.91 Å². The van der Waals surface area contributed by atoms with Crippen molar-refractivity contribution in [1.29, 1.82) is 0 Å². The largest absolute Gasteiger partial charge is 0.351 e. The van der Waals surface area contributed by atoms with Crippen LogP contribution < -0.4 is 5.32 Å². The first-order chi connectivity index (χ1) is 11.7. The molecule has 1 aromatic heterocycles. The van der Waals surface area contributed by atoms with Crippen LogP contribution in [-0.4, -0.2) is 21.2 Å². The van der Waals surface area contributed by atoms with Crippen LogP contribution in [0.15, 0.2) is 72.1 Å². The number of aryl methyl sites for hydroxylation is 1. The maximum Gasteiger partial charge on any atom is 0.230 e. The molecule has 0 spiro atoms. The molecular weight excluding hydrogens is 318 g/mol. The number of carbonyl (C=O) groups excluding carboxylic acids is 1. The second-order valence-corrected chi connectivity index (χ2v) is 6.53. The van der Waals surface area contributed by atoms with Crippen molar-refractivity contribution in [3.8, 4) is 5.69 Å². The summed E-state index contributed by atoms with van der Waals surface area (Å²) in [5.74, 6) is 0.442. The number of amides is 1. The normalized spacial score (nSPS) is 10.5. The molecule has 24 heavy (non-hydrogen) atoms. The van der Waals surface area contributed by atoms with Gasteiger partial charge in [-0.2, -0.15) is 0 Å². The van der Waals surface area contributed by atoms with E-state index >= 15 is 0 Å². The summed E-state index contributed by atoms with van der Waals surface area (Å²) in [6, 6.07) is 16.2. The molecule has 0 aliphatic carbocycles. The zero-order valence-electron chi connectivity index (χ0n) is 13.5. The number of hydrogen-bond acceptors (Lipinski definition) is 3. The molecule has 3 rings (SSSR count). The van der Waals surface area contributed by atoms with Crippen LogP contribution in [0.1, 0.15) is 11.1 Å². The van der Waals surface area contributed by atoms with E-state index in [4.69, 9.17) is 0 Å².